The first kappa shape index (κ1) is 44.9. The molecule has 0 amide bonds. The zero-order valence-electron chi connectivity index (χ0n) is 40.3. The molecule has 65 heavy (non-hydrogen) atoms. The second-order valence-corrected chi connectivity index (χ2v) is 19.1. The number of hydrogen-bond acceptors (Lipinski definition) is 2. The average molecular weight is 851 g/mol. The Labute approximate surface area is 390 Å². The summed E-state index contributed by atoms with van der Waals surface area (Å²) in [5.41, 5.74) is 25.4. The van der Waals surface area contributed by atoms with Gasteiger partial charge in [-0.15, -0.1) is 0 Å². The molecular weight excluding hydrogens is 785 g/mol. The van der Waals surface area contributed by atoms with Crippen LogP contribution in [0.4, 0.5) is 34.1 Å². The number of aryl methyl sites for hydroxylation is 8. The zero-order valence-corrected chi connectivity index (χ0v) is 40.3. The van der Waals surface area contributed by atoms with Gasteiger partial charge in [0.2, 0.25) is 0 Å². The summed E-state index contributed by atoms with van der Waals surface area (Å²) in [5.74, 6) is 0.598. The van der Waals surface area contributed by atoms with Crippen molar-refractivity contribution in [3.63, 3.8) is 0 Å². The van der Waals surface area contributed by atoms with Crippen molar-refractivity contribution in [2.24, 2.45) is 0 Å². The standard InChI is InChI=1S/C24H27N.C22H21N.C17H18/c1-5-20(4)21-10-16-24(17-11-21)25(22-12-6-18(2)7-13-22)23-14-8-19(3)9-15-23;1-16-3-10-20(11-4-16)23(21-12-5-17(2)6-13-21)22-14-9-18-7-8-19(18)15-22;1-11-5-7-13-14-8-6-12(2)10-16(14)17(3,4)15(13)9-11/h6-17,20H,5H2,1-4H3;3-6,9-15H,7-8H2,1-2H3;5-10H,1-4H3. The maximum atomic E-state index is 2.35. The summed E-state index contributed by atoms with van der Waals surface area (Å²) in [7, 11) is 0. The minimum Gasteiger partial charge on any atom is -0.311 e. The minimum atomic E-state index is 0.142. The smallest absolute Gasteiger partial charge is 0.0464 e. The van der Waals surface area contributed by atoms with Crippen molar-refractivity contribution in [1.82, 2.24) is 0 Å². The van der Waals surface area contributed by atoms with Crippen LogP contribution in [0.25, 0.3) is 11.1 Å². The lowest BCUT2D eigenvalue weighted by Crippen LogP contribution is -2.15. The third-order valence-electron chi connectivity index (χ3n) is 13.6. The molecule has 0 spiro atoms. The van der Waals surface area contributed by atoms with Crippen LogP contribution in [0.5, 0.6) is 0 Å². The van der Waals surface area contributed by atoms with Crippen LogP contribution in [-0.4, -0.2) is 0 Å². The topological polar surface area (TPSA) is 6.48 Å². The van der Waals surface area contributed by atoms with Gasteiger partial charge in [-0.3, -0.25) is 0 Å². The summed E-state index contributed by atoms with van der Waals surface area (Å²) in [6, 6.07) is 64.5. The van der Waals surface area contributed by atoms with E-state index in [0.29, 0.717) is 5.92 Å². The molecule has 2 nitrogen and oxygen atoms in total. The molecule has 8 aromatic carbocycles. The van der Waals surface area contributed by atoms with Crippen LogP contribution in [-0.2, 0) is 18.3 Å². The van der Waals surface area contributed by atoms with Gasteiger partial charge in [0.15, 0.2) is 0 Å². The van der Waals surface area contributed by atoms with Crippen LogP contribution in [0.15, 0.2) is 176 Å². The van der Waals surface area contributed by atoms with Crippen molar-refractivity contribution in [3.05, 3.63) is 237 Å². The van der Waals surface area contributed by atoms with Crippen molar-refractivity contribution in [3.8, 4) is 11.1 Å². The third-order valence-corrected chi connectivity index (χ3v) is 13.6. The van der Waals surface area contributed by atoms with Gasteiger partial charge in [-0.2, -0.15) is 0 Å². The van der Waals surface area contributed by atoms with E-state index in [1.54, 1.807) is 0 Å². The van der Waals surface area contributed by atoms with Crippen molar-refractivity contribution in [2.45, 2.75) is 99.8 Å². The first-order valence-corrected chi connectivity index (χ1v) is 23.6. The lowest BCUT2D eigenvalue weighted by molar-refractivity contribution is 0.659. The molecule has 0 aliphatic heterocycles. The van der Waals surface area contributed by atoms with Crippen LogP contribution < -0.4 is 9.80 Å². The summed E-state index contributed by atoms with van der Waals surface area (Å²) >= 11 is 0. The predicted molar refractivity (Wildman–Crippen MR) is 281 cm³/mol. The van der Waals surface area contributed by atoms with Gasteiger partial charge in [-0.25, -0.2) is 0 Å². The van der Waals surface area contributed by atoms with E-state index in [4.69, 9.17) is 0 Å². The normalized spacial score (nSPS) is 13.1. The van der Waals surface area contributed by atoms with E-state index in [9.17, 15) is 0 Å². The van der Waals surface area contributed by atoms with E-state index in [1.807, 2.05) is 0 Å². The number of fused-ring (bicyclic) bond motifs is 4. The molecule has 0 saturated heterocycles. The molecule has 0 fully saturated rings. The fraction of sp³-hybridized carbons (Fsp3) is 0.238. The first-order chi connectivity index (χ1) is 31.3. The third kappa shape index (κ3) is 9.88. The Bertz CT molecular complexity index is 2720. The minimum absolute atomic E-state index is 0.142. The Morgan fingerprint density at radius 1 is 0.385 bits per heavy atom. The molecule has 10 rings (SSSR count). The lowest BCUT2D eigenvalue weighted by atomic mass is 9.81. The molecule has 2 heteroatoms. The molecule has 8 aromatic rings. The second-order valence-electron chi connectivity index (χ2n) is 19.1. The first-order valence-electron chi connectivity index (χ1n) is 23.6. The van der Waals surface area contributed by atoms with E-state index in [2.05, 4.69) is 255 Å². The molecule has 1 atom stereocenters. The summed E-state index contributed by atoms with van der Waals surface area (Å²) in [6.07, 6.45) is 3.60. The van der Waals surface area contributed by atoms with Crippen LogP contribution in [0.1, 0.15) is 101 Å². The van der Waals surface area contributed by atoms with Gasteiger partial charge in [-0.05, 0) is 178 Å². The van der Waals surface area contributed by atoms with Gasteiger partial charge in [0.25, 0.3) is 0 Å². The van der Waals surface area contributed by atoms with Gasteiger partial charge in [0.05, 0.1) is 0 Å². The van der Waals surface area contributed by atoms with Gasteiger partial charge in [-0.1, -0.05) is 164 Å². The van der Waals surface area contributed by atoms with Crippen molar-refractivity contribution in [2.75, 3.05) is 9.80 Å². The van der Waals surface area contributed by atoms with E-state index in [1.165, 1.54) is 126 Å². The fourth-order valence-corrected chi connectivity index (χ4v) is 9.14. The summed E-state index contributed by atoms with van der Waals surface area (Å²) in [4.78, 5) is 4.66. The molecule has 0 heterocycles. The highest BCUT2D eigenvalue weighted by Gasteiger charge is 2.35. The Morgan fingerprint density at radius 3 is 1.05 bits per heavy atom. The molecular formula is C63H66N2. The van der Waals surface area contributed by atoms with E-state index in [-0.39, 0.29) is 5.41 Å². The molecule has 0 radical (unpaired) electrons. The predicted octanol–water partition coefficient (Wildman–Crippen LogP) is 17.8. The van der Waals surface area contributed by atoms with E-state index < -0.39 is 0 Å². The van der Waals surface area contributed by atoms with Crippen molar-refractivity contribution >= 4 is 34.1 Å². The largest absolute Gasteiger partial charge is 0.311 e. The molecule has 2 aliphatic rings. The molecule has 1 unspecified atom stereocenters. The van der Waals surface area contributed by atoms with Crippen molar-refractivity contribution in [1.29, 1.82) is 0 Å². The molecule has 328 valence electrons. The lowest BCUT2D eigenvalue weighted by Gasteiger charge is -2.28. The summed E-state index contributed by atoms with van der Waals surface area (Å²) in [5, 5.41) is 0. The number of anilines is 6. The number of rotatable bonds is 8. The number of hydrogen-bond donors (Lipinski definition) is 0. The van der Waals surface area contributed by atoms with Crippen molar-refractivity contribution < 1.29 is 0 Å². The quantitative estimate of drug-likeness (QED) is 0.150. The molecule has 0 bridgehead atoms. The molecule has 2 aliphatic carbocycles. The zero-order chi connectivity index (χ0) is 45.8. The number of nitrogens with zero attached hydrogens (tertiary/aromatic N) is 2. The highest BCUT2D eigenvalue weighted by molar-refractivity contribution is 5.82. The molecule has 0 aromatic heterocycles. The SMILES string of the molecule is CCC(C)c1ccc(N(c2ccc(C)cc2)c2ccc(C)cc2)cc1.Cc1ccc(N(c2ccc(C)cc2)c2ccc3c(c2)CC3)cc1.Cc1ccc2c(c1)C(C)(C)c1cc(C)ccc1-2. The molecule has 0 saturated carbocycles. The second kappa shape index (κ2) is 19.2. The fourth-order valence-electron chi connectivity index (χ4n) is 9.14. The average Bonchev–Trinajstić information content (AvgIpc) is 3.51. The van der Waals surface area contributed by atoms with Crippen LogP contribution in [0.2, 0.25) is 0 Å². The number of benzene rings is 8. The highest BCUT2D eigenvalue weighted by atomic mass is 15.1. The summed E-state index contributed by atoms with van der Waals surface area (Å²) in [6.45, 7) is 22.0. The van der Waals surface area contributed by atoms with Crippen LogP contribution in [0, 0.1) is 41.5 Å². The Hall–Kier alpha value is -6.64. The maximum Gasteiger partial charge on any atom is 0.0464 e. The Morgan fingerprint density at radius 2 is 0.708 bits per heavy atom. The van der Waals surface area contributed by atoms with E-state index >= 15 is 0 Å². The Kier molecular flexibility index (Phi) is 13.3. The Balaban J connectivity index is 0.000000135. The monoisotopic (exact) mass is 851 g/mol. The van der Waals surface area contributed by atoms with Crippen LogP contribution >= 0.6 is 0 Å². The maximum absolute atomic E-state index is 2.35. The highest BCUT2D eigenvalue weighted by Crippen LogP contribution is 2.49. The molecule has 0 N–H and O–H groups in total. The van der Waals surface area contributed by atoms with Gasteiger partial charge in [0.1, 0.15) is 0 Å². The van der Waals surface area contributed by atoms with Gasteiger partial charge >= 0.3 is 0 Å². The van der Waals surface area contributed by atoms with Gasteiger partial charge in [0, 0.05) is 39.5 Å². The van der Waals surface area contributed by atoms with E-state index in [0.717, 1.165) is 0 Å². The van der Waals surface area contributed by atoms with Gasteiger partial charge < -0.3 is 9.80 Å². The summed E-state index contributed by atoms with van der Waals surface area (Å²) < 4.78 is 0. The van der Waals surface area contributed by atoms with Crippen LogP contribution in [0.3, 0.4) is 0 Å².